The van der Waals surface area contributed by atoms with Crippen LogP contribution in [0.3, 0.4) is 0 Å². The van der Waals surface area contributed by atoms with Gasteiger partial charge in [-0.1, -0.05) is 32.9 Å². The quantitative estimate of drug-likeness (QED) is 0.903. The summed E-state index contributed by atoms with van der Waals surface area (Å²) >= 11 is 9.34. The number of amides is 1. The number of pyridine rings is 1. The van der Waals surface area contributed by atoms with Crippen LogP contribution in [0.1, 0.15) is 21.3 Å². The van der Waals surface area contributed by atoms with Crippen LogP contribution in [0, 0.1) is 5.92 Å². The van der Waals surface area contributed by atoms with Crippen molar-refractivity contribution < 1.29 is 4.79 Å². The van der Waals surface area contributed by atoms with Gasteiger partial charge in [0.15, 0.2) is 5.15 Å². The zero-order valence-corrected chi connectivity index (χ0v) is 12.7. The van der Waals surface area contributed by atoms with Crippen LogP contribution < -0.4 is 5.32 Å². The molecule has 7 heteroatoms. The Kier molecular flexibility index (Phi) is 5.71. The van der Waals surface area contributed by atoms with Gasteiger partial charge < -0.3 is 5.32 Å². The van der Waals surface area contributed by atoms with Crippen molar-refractivity contribution in [2.24, 2.45) is 5.92 Å². The topological polar surface area (TPSA) is 59.8 Å². The summed E-state index contributed by atoms with van der Waals surface area (Å²) in [5.41, 5.74) is 1.24. The maximum atomic E-state index is 11.6. The van der Waals surface area contributed by atoms with Crippen molar-refractivity contribution in [2.45, 2.75) is 21.3 Å². The fourth-order valence-electron chi connectivity index (χ4n) is 1.37. The van der Waals surface area contributed by atoms with E-state index >= 15 is 0 Å². The second-order valence-corrected chi connectivity index (χ2v) is 5.56. The molecular weight excluding hydrogens is 344 g/mol. The summed E-state index contributed by atoms with van der Waals surface area (Å²) in [6, 6.07) is 1.85. The molecule has 0 radical (unpaired) electrons. The van der Waals surface area contributed by atoms with Gasteiger partial charge in [-0.25, -0.2) is 4.68 Å². The van der Waals surface area contributed by atoms with Gasteiger partial charge in [-0.3, -0.25) is 9.78 Å². The minimum absolute atomic E-state index is 0. The Morgan fingerprint density at radius 3 is 2.75 bits per heavy atom. The molecular formula is C13H16BrClN4O. The Balaban J connectivity index is 0.00000200. The lowest BCUT2D eigenvalue weighted by Gasteiger charge is -2.04. The highest BCUT2D eigenvalue weighted by molar-refractivity contribution is 9.10. The lowest BCUT2D eigenvalue weighted by Crippen LogP contribution is -2.17. The number of anilines is 1. The van der Waals surface area contributed by atoms with Crippen LogP contribution in [0.2, 0.25) is 5.15 Å². The predicted octanol–water partition coefficient (Wildman–Crippen LogP) is 3.91. The molecule has 1 amide bonds. The summed E-state index contributed by atoms with van der Waals surface area (Å²) in [5.74, 6) is -0.222. The molecule has 2 rings (SSSR count). The first-order chi connectivity index (χ1) is 8.97. The number of hydrogen-bond donors (Lipinski definition) is 1. The normalized spacial score (nSPS) is 10.2. The zero-order valence-electron chi connectivity index (χ0n) is 10.4. The van der Waals surface area contributed by atoms with Crippen molar-refractivity contribution in [3.8, 4) is 5.69 Å². The summed E-state index contributed by atoms with van der Waals surface area (Å²) < 4.78 is 2.40. The van der Waals surface area contributed by atoms with Gasteiger partial charge in [-0.05, 0) is 22.0 Å². The van der Waals surface area contributed by atoms with Crippen molar-refractivity contribution >= 4 is 39.1 Å². The number of rotatable bonds is 3. The zero-order chi connectivity index (χ0) is 14.0. The Bertz CT molecular complexity index is 612. The summed E-state index contributed by atoms with van der Waals surface area (Å²) in [6.07, 6.45) is 4.99. The molecule has 0 aromatic carbocycles. The largest absolute Gasteiger partial charge is 0.322 e. The van der Waals surface area contributed by atoms with Gasteiger partial charge in [0.25, 0.3) is 0 Å². The average molecular weight is 360 g/mol. The van der Waals surface area contributed by atoms with E-state index in [1.807, 2.05) is 19.9 Å². The maximum absolute atomic E-state index is 11.6. The third-order valence-corrected chi connectivity index (χ3v) is 3.12. The van der Waals surface area contributed by atoms with Crippen LogP contribution in [-0.2, 0) is 4.79 Å². The van der Waals surface area contributed by atoms with Gasteiger partial charge in [-0.15, -0.1) is 0 Å². The van der Waals surface area contributed by atoms with Crippen molar-refractivity contribution in [2.75, 3.05) is 5.32 Å². The third-order valence-electron chi connectivity index (χ3n) is 2.41. The Hall–Kier alpha value is -1.40. The molecule has 0 atom stereocenters. The van der Waals surface area contributed by atoms with Crippen molar-refractivity contribution in [1.29, 1.82) is 0 Å². The number of nitrogens with zero attached hydrogens (tertiary/aromatic N) is 3. The van der Waals surface area contributed by atoms with E-state index in [-0.39, 0.29) is 24.4 Å². The Morgan fingerprint density at radius 2 is 2.15 bits per heavy atom. The lowest BCUT2D eigenvalue weighted by atomic mass is 10.2. The number of carbonyl (C=O) groups excluding carboxylic acids is 1. The monoisotopic (exact) mass is 358 g/mol. The fraction of sp³-hybridized carbons (Fsp3) is 0.308. The van der Waals surface area contributed by atoms with Gasteiger partial charge in [0.2, 0.25) is 5.91 Å². The summed E-state index contributed by atoms with van der Waals surface area (Å²) in [5, 5.41) is 7.11. The first-order valence-electron chi connectivity index (χ1n) is 5.64. The van der Waals surface area contributed by atoms with Gasteiger partial charge in [-0.2, -0.15) is 5.10 Å². The smallest absolute Gasteiger partial charge is 0.227 e. The Labute approximate surface area is 131 Å². The van der Waals surface area contributed by atoms with Crippen LogP contribution in [0.4, 0.5) is 5.69 Å². The SMILES string of the molecule is C.CC(C)C(=O)Nc1cn(-c2cncc(Br)c2)nc1Cl. The van der Waals surface area contributed by atoms with Crippen LogP contribution in [-0.4, -0.2) is 20.7 Å². The summed E-state index contributed by atoms with van der Waals surface area (Å²) in [6.45, 7) is 3.62. The van der Waals surface area contributed by atoms with Gasteiger partial charge in [0.05, 0.1) is 23.8 Å². The molecule has 1 N–H and O–H groups in total. The minimum atomic E-state index is -0.119. The van der Waals surface area contributed by atoms with E-state index in [1.54, 1.807) is 23.3 Å². The van der Waals surface area contributed by atoms with Gasteiger partial charge in [0, 0.05) is 16.6 Å². The van der Waals surface area contributed by atoms with Crippen LogP contribution in [0.25, 0.3) is 5.69 Å². The number of nitrogens with one attached hydrogen (secondary N) is 1. The average Bonchev–Trinajstić information content (AvgIpc) is 2.71. The molecule has 0 unspecified atom stereocenters. The Morgan fingerprint density at radius 1 is 1.45 bits per heavy atom. The highest BCUT2D eigenvalue weighted by Crippen LogP contribution is 2.23. The standard InChI is InChI=1S/C12H12BrClN4O.CH4/c1-7(2)12(19)16-10-6-18(17-11(10)14)9-3-8(13)4-15-5-9;/h3-7H,1-2H3,(H,16,19);1H4. The molecule has 5 nitrogen and oxygen atoms in total. The lowest BCUT2D eigenvalue weighted by molar-refractivity contribution is -0.118. The molecule has 0 spiro atoms. The van der Waals surface area contributed by atoms with Crippen LogP contribution in [0.5, 0.6) is 0 Å². The van der Waals surface area contributed by atoms with E-state index < -0.39 is 0 Å². The van der Waals surface area contributed by atoms with Crippen molar-refractivity contribution in [3.63, 3.8) is 0 Å². The number of aromatic nitrogens is 3. The first kappa shape index (κ1) is 16.7. The number of halogens is 2. The van der Waals surface area contributed by atoms with E-state index in [1.165, 1.54) is 0 Å². The molecule has 0 bridgehead atoms. The molecule has 2 heterocycles. The predicted molar refractivity (Wildman–Crippen MR) is 84.3 cm³/mol. The van der Waals surface area contributed by atoms with E-state index in [0.29, 0.717) is 5.69 Å². The van der Waals surface area contributed by atoms with Crippen molar-refractivity contribution in [3.05, 3.63) is 34.3 Å². The number of carbonyl (C=O) groups is 1. The molecule has 0 fully saturated rings. The molecule has 0 aliphatic rings. The first-order valence-corrected chi connectivity index (χ1v) is 6.81. The summed E-state index contributed by atoms with van der Waals surface area (Å²) in [7, 11) is 0. The second kappa shape index (κ2) is 6.85. The summed E-state index contributed by atoms with van der Waals surface area (Å²) in [4.78, 5) is 15.7. The molecule has 0 aliphatic carbocycles. The van der Waals surface area contributed by atoms with Crippen molar-refractivity contribution in [1.82, 2.24) is 14.8 Å². The van der Waals surface area contributed by atoms with Crippen LogP contribution >= 0.6 is 27.5 Å². The maximum Gasteiger partial charge on any atom is 0.227 e. The minimum Gasteiger partial charge on any atom is -0.322 e. The molecule has 20 heavy (non-hydrogen) atoms. The fourth-order valence-corrected chi connectivity index (χ4v) is 1.90. The molecule has 0 saturated carbocycles. The number of hydrogen-bond acceptors (Lipinski definition) is 3. The van der Waals surface area contributed by atoms with Gasteiger partial charge in [0.1, 0.15) is 0 Å². The van der Waals surface area contributed by atoms with Gasteiger partial charge >= 0.3 is 0 Å². The molecule has 2 aromatic rings. The molecule has 108 valence electrons. The highest BCUT2D eigenvalue weighted by Gasteiger charge is 2.13. The van der Waals surface area contributed by atoms with Crippen LogP contribution in [0.15, 0.2) is 29.1 Å². The van der Waals surface area contributed by atoms with E-state index in [0.717, 1.165) is 10.2 Å². The second-order valence-electron chi connectivity index (χ2n) is 4.28. The molecule has 2 aromatic heterocycles. The van der Waals surface area contributed by atoms with E-state index in [4.69, 9.17) is 11.6 Å². The molecule has 0 saturated heterocycles. The van der Waals surface area contributed by atoms with E-state index in [2.05, 4.69) is 31.3 Å². The van der Waals surface area contributed by atoms with E-state index in [9.17, 15) is 4.79 Å². The highest BCUT2D eigenvalue weighted by atomic mass is 79.9. The molecule has 0 aliphatic heterocycles. The third kappa shape index (κ3) is 3.80.